The highest BCUT2D eigenvalue weighted by Crippen LogP contribution is 2.51. The van der Waals surface area contributed by atoms with Crippen LogP contribution < -0.4 is 0 Å². The van der Waals surface area contributed by atoms with Crippen LogP contribution >= 0.6 is 0 Å². The normalized spacial score (nSPS) is 40.6. The molecule has 0 aromatic carbocycles. The predicted molar refractivity (Wildman–Crippen MR) is 71.1 cm³/mol. The third kappa shape index (κ3) is 2.81. The molecule has 4 atom stereocenters. The Morgan fingerprint density at radius 2 is 1.95 bits per heavy atom. The van der Waals surface area contributed by atoms with E-state index in [4.69, 9.17) is 19.7 Å². The molecule has 0 radical (unpaired) electrons. The smallest absolute Gasteiger partial charge is 0.187 e. The topological polar surface area (TPSA) is 71.7 Å². The van der Waals surface area contributed by atoms with E-state index in [-0.39, 0.29) is 31.0 Å². The van der Waals surface area contributed by atoms with E-state index < -0.39 is 5.60 Å². The molecular weight excluding hydrogens is 248 g/mol. The van der Waals surface area contributed by atoms with E-state index in [1.807, 2.05) is 0 Å². The molecule has 5 nitrogen and oxygen atoms in total. The monoisotopic (exact) mass is 275 g/mol. The van der Waals surface area contributed by atoms with Crippen LogP contribution in [0.1, 0.15) is 33.6 Å². The molecule has 0 spiro atoms. The van der Waals surface area contributed by atoms with Gasteiger partial charge in [-0.05, 0) is 33.1 Å². The van der Waals surface area contributed by atoms with Crippen LogP contribution in [0.25, 0.3) is 0 Å². The van der Waals surface area contributed by atoms with E-state index in [0.29, 0.717) is 19.1 Å². The second-order valence-electron chi connectivity index (χ2n) is 6.29. The molecular formula is C14H27O5+. The van der Waals surface area contributed by atoms with Crippen LogP contribution in [0, 0.1) is 5.92 Å². The first-order valence-corrected chi connectivity index (χ1v) is 7.14. The van der Waals surface area contributed by atoms with Crippen LogP contribution in [0.15, 0.2) is 0 Å². The first-order chi connectivity index (χ1) is 8.94. The summed E-state index contributed by atoms with van der Waals surface area (Å²) in [5, 5.41) is 17.9. The fourth-order valence-corrected chi connectivity index (χ4v) is 3.56. The average Bonchev–Trinajstić information content (AvgIpc) is 2.33. The Labute approximate surface area is 114 Å². The van der Waals surface area contributed by atoms with E-state index in [1.165, 1.54) is 0 Å². The molecule has 3 fully saturated rings. The Hall–Kier alpha value is -0.200. The van der Waals surface area contributed by atoms with Crippen molar-refractivity contribution in [3.05, 3.63) is 0 Å². The van der Waals surface area contributed by atoms with E-state index in [1.54, 1.807) is 0 Å². The van der Waals surface area contributed by atoms with Gasteiger partial charge in [0.25, 0.3) is 0 Å². The van der Waals surface area contributed by atoms with Crippen molar-refractivity contribution in [2.75, 3.05) is 26.4 Å². The van der Waals surface area contributed by atoms with Crippen LogP contribution in [-0.2, 0) is 9.47 Å². The first kappa shape index (κ1) is 15.2. The number of aliphatic hydroxyl groups is 4. The molecule has 19 heavy (non-hydrogen) atoms. The number of ether oxygens (including phenoxy) is 3. The quantitative estimate of drug-likeness (QED) is 0.681. The van der Waals surface area contributed by atoms with Crippen molar-refractivity contribution in [1.82, 2.24) is 0 Å². The SMILES string of the molecule is CC1(C)OC2(C)C(OCCO)CC1CC2[OH+]CCO. The minimum Gasteiger partial charge on any atom is -0.428 e. The summed E-state index contributed by atoms with van der Waals surface area (Å²) in [6.45, 7) is 7.19. The highest BCUT2D eigenvalue weighted by atomic mass is 16.6. The van der Waals surface area contributed by atoms with Crippen molar-refractivity contribution in [3.8, 4) is 0 Å². The fraction of sp³-hybridized carbons (Fsp3) is 1.00. The number of fused-ring (bicyclic) bond motifs is 3. The van der Waals surface area contributed by atoms with Crippen LogP contribution in [0.5, 0.6) is 0 Å². The van der Waals surface area contributed by atoms with Gasteiger partial charge in [0, 0.05) is 6.42 Å². The van der Waals surface area contributed by atoms with Crippen LogP contribution in [0.2, 0.25) is 0 Å². The van der Waals surface area contributed by atoms with E-state index in [2.05, 4.69) is 25.5 Å². The number of hydrogen-bond acceptors (Lipinski definition) is 4. The molecule has 112 valence electrons. The zero-order chi connectivity index (χ0) is 14.1. The third-order valence-electron chi connectivity index (χ3n) is 4.63. The Morgan fingerprint density at radius 3 is 2.58 bits per heavy atom. The van der Waals surface area contributed by atoms with Gasteiger partial charge < -0.3 is 24.4 Å². The van der Waals surface area contributed by atoms with Gasteiger partial charge in [-0.3, -0.25) is 0 Å². The second-order valence-corrected chi connectivity index (χ2v) is 6.29. The molecule has 3 rings (SSSR count). The number of hydrogen-bond donors (Lipinski definition) is 2. The Morgan fingerprint density at radius 1 is 1.21 bits per heavy atom. The van der Waals surface area contributed by atoms with Gasteiger partial charge >= 0.3 is 0 Å². The lowest BCUT2D eigenvalue weighted by Crippen LogP contribution is -2.69. The minimum absolute atomic E-state index is 0.0269. The summed E-state index contributed by atoms with van der Waals surface area (Å²) < 4.78 is 16.6. The molecule has 2 bridgehead atoms. The summed E-state index contributed by atoms with van der Waals surface area (Å²) in [5.41, 5.74) is -0.609. The van der Waals surface area contributed by atoms with Crippen molar-refractivity contribution < 1.29 is 24.4 Å². The number of aliphatic hydroxyl groups excluding tert-OH is 2. The lowest BCUT2D eigenvalue weighted by molar-refractivity contribution is -0.353. The lowest BCUT2D eigenvalue weighted by atomic mass is 9.65. The zero-order valence-corrected chi connectivity index (χ0v) is 12.1. The first-order valence-electron chi connectivity index (χ1n) is 7.14. The van der Waals surface area contributed by atoms with Gasteiger partial charge in [0.1, 0.15) is 6.61 Å². The Balaban J connectivity index is 2.13. The molecule has 5 heteroatoms. The summed E-state index contributed by atoms with van der Waals surface area (Å²) in [6, 6.07) is 0. The fourth-order valence-electron chi connectivity index (χ4n) is 3.56. The van der Waals surface area contributed by atoms with Gasteiger partial charge in [0.2, 0.25) is 0 Å². The highest BCUT2D eigenvalue weighted by molar-refractivity contribution is 5.08. The van der Waals surface area contributed by atoms with Crippen molar-refractivity contribution in [3.63, 3.8) is 0 Å². The molecule has 0 amide bonds. The van der Waals surface area contributed by atoms with Gasteiger partial charge in [0.15, 0.2) is 18.3 Å². The van der Waals surface area contributed by atoms with Crippen molar-refractivity contribution in [2.45, 2.75) is 57.0 Å². The highest BCUT2D eigenvalue weighted by Gasteiger charge is 2.62. The molecule has 2 saturated heterocycles. The van der Waals surface area contributed by atoms with Crippen LogP contribution in [0.3, 0.4) is 0 Å². The predicted octanol–water partition coefficient (Wildman–Crippen LogP) is 0.230. The second kappa shape index (κ2) is 5.66. The molecule has 1 aliphatic carbocycles. The average molecular weight is 275 g/mol. The third-order valence-corrected chi connectivity index (χ3v) is 4.63. The van der Waals surface area contributed by atoms with Crippen LogP contribution in [0.4, 0.5) is 0 Å². The molecule has 2 heterocycles. The number of rotatable bonds is 6. The summed E-state index contributed by atoms with van der Waals surface area (Å²) in [4.78, 5) is 0. The van der Waals surface area contributed by atoms with E-state index in [0.717, 1.165) is 12.8 Å². The molecule has 0 aromatic heterocycles. The molecule has 0 aromatic rings. The minimum atomic E-state index is -0.456. The molecule has 1 saturated carbocycles. The maximum Gasteiger partial charge on any atom is 0.187 e. The summed E-state index contributed by atoms with van der Waals surface area (Å²) in [7, 11) is 0. The van der Waals surface area contributed by atoms with Gasteiger partial charge in [0.05, 0.1) is 24.9 Å². The van der Waals surface area contributed by atoms with Gasteiger partial charge in [-0.2, -0.15) is 0 Å². The van der Waals surface area contributed by atoms with Crippen molar-refractivity contribution in [1.29, 1.82) is 0 Å². The van der Waals surface area contributed by atoms with Crippen molar-refractivity contribution in [2.24, 2.45) is 5.92 Å². The molecule has 3 aliphatic rings. The zero-order valence-electron chi connectivity index (χ0n) is 12.1. The summed E-state index contributed by atoms with van der Waals surface area (Å²) >= 11 is 0. The molecule has 3 N–H and O–H groups in total. The standard InChI is InChI=1S/C14H26O5/c1-13(2)10-8-11(17-6-4-15)14(3,19-13)12(9-10)18-7-5-16/h10-12,15-16H,4-9H2,1-3H3/p+1. The maximum atomic E-state index is 8.96. The Kier molecular flexibility index (Phi) is 4.52. The lowest BCUT2D eigenvalue weighted by Gasteiger charge is -2.58. The van der Waals surface area contributed by atoms with Crippen molar-refractivity contribution >= 4 is 0 Å². The van der Waals surface area contributed by atoms with Gasteiger partial charge in [-0.15, -0.1) is 0 Å². The molecule has 4 unspecified atom stereocenters. The maximum absolute atomic E-state index is 8.96. The molecule has 2 aliphatic heterocycles. The van der Waals surface area contributed by atoms with E-state index >= 15 is 0 Å². The largest absolute Gasteiger partial charge is 0.428 e. The summed E-state index contributed by atoms with van der Waals surface area (Å²) in [5.74, 6) is 0.408. The Bertz CT molecular complexity index is 286. The van der Waals surface area contributed by atoms with Gasteiger partial charge in [-0.25, -0.2) is 0 Å². The van der Waals surface area contributed by atoms with Gasteiger partial charge in [-0.1, -0.05) is 0 Å². The van der Waals surface area contributed by atoms with Crippen LogP contribution in [-0.4, -0.2) is 64.8 Å². The van der Waals surface area contributed by atoms with E-state index in [9.17, 15) is 0 Å². The summed E-state index contributed by atoms with van der Waals surface area (Å²) in [6.07, 6.45) is 1.98.